The number of ether oxygens (including phenoxy) is 3. The van der Waals surface area contributed by atoms with Gasteiger partial charge in [0.15, 0.2) is 11.5 Å². The average molecular weight is 440 g/mol. The highest BCUT2D eigenvalue weighted by atomic mass is 16.5. The molecule has 1 atom stereocenters. The number of nitrogens with one attached hydrogen (secondary N) is 1. The van der Waals surface area contributed by atoms with Crippen molar-refractivity contribution in [2.75, 3.05) is 20.8 Å². The lowest BCUT2D eigenvalue weighted by Crippen LogP contribution is -2.18. The molecule has 1 aliphatic carbocycles. The first kappa shape index (κ1) is 22.0. The molecular weight excluding hydrogens is 410 g/mol. The van der Waals surface area contributed by atoms with Crippen LogP contribution in [-0.2, 0) is 11.3 Å². The summed E-state index contributed by atoms with van der Waals surface area (Å²) < 4.78 is 17.5. The van der Waals surface area contributed by atoms with E-state index < -0.39 is 5.97 Å². The lowest BCUT2D eigenvalue weighted by Gasteiger charge is -2.23. The van der Waals surface area contributed by atoms with Crippen molar-refractivity contribution in [1.82, 2.24) is 5.32 Å². The second-order valence-electron chi connectivity index (χ2n) is 8.93. The van der Waals surface area contributed by atoms with Crippen LogP contribution in [0.5, 0.6) is 17.2 Å². The summed E-state index contributed by atoms with van der Waals surface area (Å²) in [5, 5.41) is 11.9. The molecule has 1 saturated carbocycles. The number of benzene rings is 2. The minimum atomic E-state index is -0.768. The van der Waals surface area contributed by atoms with Crippen molar-refractivity contribution in [1.29, 1.82) is 0 Å². The van der Waals surface area contributed by atoms with E-state index in [-0.39, 0.29) is 23.7 Å². The Labute approximate surface area is 187 Å². The van der Waals surface area contributed by atoms with Crippen molar-refractivity contribution in [3.05, 3.63) is 41.5 Å². The van der Waals surface area contributed by atoms with Crippen LogP contribution in [-0.4, -0.2) is 37.8 Å². The Balaban J connectivity index is 1.63. The fourth-order valence-corrected chi connectivity index (χ4v) is 4.59. The molecule has 2 N–H and O–H groups in total. The second-order valence-corrected chi connectivity index (χ2v) is 8.93. The molecule has 4 rings (SSSR count). The van der Waals surface area contributed by atoms with Gasteiger partial charge in [-0.15, -0.1) is 0 Å². The number of fused-ring (bicyclic) bond motifs is 1. The van der Waals surface area contributed by atoms with E-state index in [0.29, 0.717) is 36.0 Å². The van der Waals surface area contributed by atoms with E-state index >= 15 is 0 Å². The first-order valence-corrected chi connectivity index (χ1v) is 10.9. The summed E-state index contributed by atoms with van der Waals surface area (Å²) in [6, 6.07) is 9.54. The van der Waals surface area contributed by atoms with Crippen molar-refractivity contribution in [2.24, 2.45) is 11.3 Å². The molecule has 0 radical (unpaired) electrons. The monoisotopic (exact) mass is 439 g/mol. The Morgan fingerprint density at radius 3 is 2.53 bits per heavy atom. The Morgan fingerprint density at radius 2 is 1.88 bits per heavy atom. The van der Waals surface area contributed by atoms with E-state index in [1.807, 2.05) is 37.3 Å². The second kappa shape index (κ2) is 8.73. The van der Waals surface area contributed by atoms with E-state index in [9.17, 15) is 9.59 Å². The number of carbonyl (C=O) groups is 2. The van der Waals surface area contributed by atoms with Crippen LogP contribution in [0.4, 0.5) is 0 Å². The molecule has 0 spiro atoms. The number of hydrogen-bond donors (Lipinski definition) is 2. The van der Waals surface area contributed by atoms with E-state index in [2.05, 4.69) is 5.32 Å². The third kappa shape index (κ3) is 4.38. The van der Waals surface area contributed by atoms with Gasteiger partial charge in [-0.3, -0.25) is 9.59 Å². The highest BCUT2D eigenvalue weighted by Crippen LogP contribution is 2.53. The van der Waals surface area contributed by atoms with Crippen molar-refractivity contribution in [3.8, 4) is 28.4 Å². The van der Waals surface area contributed by atoms with E-state index in [1.165, 1.54) is 0 Å². The highest BCUT2D eigenvalue weighted by Gasteiger charge is 2.45. The largest absolute Gasteiger partial charge is 0.493 e. The van der Waals surface area contributed by atoms with Gasteiger partial charge in [-0.1, -0.05) is 13.0 Å². The molecule has 2 aliphatic rings. The SMILES string of the molecule is COc1ccc(-c2ccc3c(c2)CNC3=O)c(OCC2(CC(C)CC(=O)O)CC2)c1OC. The average Bonchev–Trinajstić information content (AvgIpc) is 3.43. The zero-order valence-electron chi connectivity index (χ0n) is 18.7. The third-order valence-electron chi connectivity index (χ3n) is 6.38. The summed E-state index contributed by atoms with van der Waals surface area (Å²) in [6.07, 6.45) is 3.02. The maximum Gasteiger partial charge on any atom is 0.303 e. The van der Waals surface area contributed by atoms with Crippen LogP contribution < -0.4 is 19.5 Å². The van der Waals surface area contributed by atoms with Gasteiger partial charge in [0.1, 0.15) is 0 Å². The van der Waals surface area contributed by atoms with E-state index in [1.54, 1.807) is 14.2 Å². The molecule has 32 heavy (non-hydrogen) atoms. The van der Waals surface area contributed by atoms with Crippen LogP contribution in [0.1, 0.15) is 48.5 Å². The van der Waals surface area contributed by atoms with Crippen LogP contribution in [0.2, 0.25) is 0 Å². The topological polar surface area (TPSA) is 94.1 Å². The fraction of sp³-hybridized carbons (Fsp3) is 0.440. The number of carboxylic acids is 1. The summed E-state index contributed by atoms with van der Waals surface area (Å²) in [4.78, 5) is 23.0. The molecule has 2 aromatic rings. The number of hydrogen-bond acceptors (Lipinski definition) is 5. The zero-order valence-corrected chi connectivity index (χ0v) is 18.7. The number of amides is 1. The number of carbonyl (C=O) groups excluding carboxylic acids is 1. The molecule has 7 heteroatoms. The predicted octanol–water partition coefficient (Wildman–Crippen LogP) is 4.27. The molecule has 170 valence electrons. The molecule has 2 aromatic carbocycles. The fourth-order valence-electron chi connectivity index (χ4n) is 4.59. The minimum absolute atomic E-state index is 0.00546. The normalized spacial score (nSPS) is 16.7. The van der Waals surface area contributed by atoms with Crippen LogP contribution in [0.25, 0.3) is 11.1 Å². The Morgan fingerprint density at radius 1 is 1.12 bits per heavy atom. The summed E-state index contributed by atoms with van der Waals surface area (Å²) in [7, 11) is 3.17. The van der Waals surface area contributed by atoms with Crippen molar-refractivity contribution >= 4 is 11.9 Å². The van der Waals surface area contributed by atoms with Crippen molar-refractivity contribution in [3.63, 3.8) is 0 Å². The van der Waals surface area contributed by atoms with Crippen molar-refractivity contribution < 1.29 is 28.9 Å². The Bertz CT molecular complexity index is 1040. The number of carboxylic acid groups (broad SMARTS) is 1. The lowest BCUT2D eigenvalue weighted by atomic mass is 9.91. The molecule has 1 amide bonds. The summed E-state index contributed by atoms with van der Waals surface area (Å²) in [5.41, 5.74) is 3.43. The smallest absolute Gasteiger partial charge is 0.303 e. The lowest BCUT2D eigenvalue weighted by molar-refractivity contribution is -0.138. The van der Waals surface area contributed by atoms with Gasteiger partial charge in [-0.25, -0.2) is 0 Å². The van der Waals surface area contributed by atoms with Crippen molar-refractivity contribution in [2.45, 2.75) is 39.2 Å². The van der Waals surface area contributed by atoms with Gasteiger partial charge in [0.25, 0.3) is 5.91 Å². The molecule has 1 unspecified atom stereocenters. The molecule has 1 fully saturated rings. The Kier molecular flexibility index (Phi) is 6.00. The van der Waals surface area contributed by atoms with Gasteiger partial charge in [-0.05, 0) is 60.6 Å². The number of rotatable bonds is 10. The van der Waals surface area contributed by atoms with E-state index in [4.69, 9.17) is 19.3 Å². The van der Waals surface area contributed by atoms with Crippen LogP contribution >= 0.6 is 0 Å². The highest BCUT2D eigenvalue weighted by molar-refractivity contribution is 5.99. The molecule has 1 aliphatic heterocycles. The van der Waals surface area contributed by atoms with E-state index in [0.717, 1.165) is 36.0 Å². The van der Waals surface area contributed by atoms with Gasteiger partial charge in [-0.2, -0.15) is 0 Å². The predicted molar refractivity (Wildman–Crippen MR) is 119 cm³/mol. The van der Waals surface area contributed by atoms with Crippen LogP contribution in [0.3, 0.4) is 0 Å². The van der Waals surface area contributed by atoms with Crippen LogP contribution in [0.15, 0.2) is 30.3 Å². The molecule has 7 nitrogen and oxygen atoms in total. The summed E-state index contributed by atoms with van der Waals surface area (Å²) in [6.45, 7) is 2.97. The maximum absolute atomic E-state index is 11.9. The van der Waals surface area contributed by atoms with Crippen LogP contribution in [0, 0.1) is 11.3 Å². The van der Waals surface area contributed by atoms with Gasteiger partial charge >= 0.3 is 5.97 Å². The van der Waals surface area contributed by atoms with Gasteiger partial charge in [0.2, 0.25) is 5.75 Å². The van der Waals surface area contributed by atoms with Gasteiger partial charge in [0, 0.05) is 29.5 Å². The zero-order chi connectivity index (χ0) is 22.9. The number of aliphatic carboxylic acids is 1. The standard InChI is InChI=1S/C25H29NO6/c1-15(10-21(27)28)12-25(8-9-25)14-32-22-18(6-7-20(30-2)23(22)31-3)16-4-5-19-17(11-16)13-26-24(19)29/h4-7,11,15H,8-10,12-14H2,1-3H3,(H,26,29)(H,27,28). The first-order chi connectivity index (χ1) is 15.4. The quantitative estimate of drug-likeness (QED) is 0.574. The molecule has 0 saturated heterocycles. The molecule has 0 bridgehead atoms. The molecule has 1 heterocycles. The Hall–Kier alpha value is -3.22. The summed E-state index contributed by atoms with van der Waals surface area (Å²) >= 11 is 0. The maximum atomic E-state index is 11.9. The minimum Gasteiger partial charge on any atom is -0.493 e. The first-order valence-electron chi connectivity index (χ1n) is 10.9. The molecule has 0 aromatic heterocycles. The van der Waals surface area contributed by atoms with Gasteiger partial charge < -0.3 is 24.6 Å². The summed E-state index contributed by atoms with van der Waals surface area (Å²) in [5.74, 6) is 0.966. The number of methoxy groups -OCH3 is 2. The third-order valence-corrected chi connectivity index (χ3v) is 6.38. The van der Waals surface area contributed by atoms with Gasteiger partial charge in [0.05, 0.1) is 20.8 Å². The molecular formula is C25H29NO6.